The molecule has 0 fully saturated rings. The zero-order valence-corrected chi connectivity index (χ0v) is 16.1. The van der Waals surface area contributed by atoms with Gasteiger partial charge < -0.3 is 25.8 Å². The molecular formula is C20H20ClN3O4. The third-order valence-corrected chi connectivity index (χ3v) is 4.85. The van der Waals surface area contributed by atoms with Gasteiger partial charge in [-0.2, -0.15) is 0 Å². The van der Waals surface area contributed by atoms with Gasteiger partial charge >= 0.3 is 6.03 Å². The molecule has 3 rings (SSSR count). The summed E-state index contributed by atoms with van der Waals surface area (Å²) in [7, 11) is 1.41. The van der Waals surface area contributed by atoms with Crippen molar-refractivity contribution in [3.63, 3.8) is 0 Å². The van der Waals surface area contributed by atoms with Crippen LogP contribution in [0.4, 0.5) is 4.79 Å². The molecule has 1 aliphatic heterocycles. The Morgan fingerprint density at radius 3 is 2.64 bits per heavy atom. The first kappa shape index (κ1) is 19.6. The number of phenols is 1. The van der Waals surface area contributed by atoms with Crippen molar-refractivity contribution in [2.45, 2.75) is 19.5 Å². The first-order valence-electron chi connectivity index (χ1n) is 8.58. The van der Waals surface area contributed by atoms with Gasteiger partial charge in [0, 0.05) is 17.8 Å². The molecule has 0 bridgehead atoms. The van der Waals surface area contributed by atoms with Crippen LogP contribution in [0.5, 0.6) is 11.5 Å². The maximum absolute atomic E-state index is 12.9. The number of methoxy groups -OCH3 is 1. The number of aromatic hydroxyl groups is 1. The molecule has 0 aromatic heterocycles. The van der Waals surface area contributed by atoms with Gasteiger partial charge in [0.1, 0.15) is 0 Å². The highest BCUT2D eigenvalue weighted by Gasteiger charge is 2.33. The fourth-order valence-corrected chi connectivity index (χ4v) is 3.32. The Kier molecular flexibility index (Phi) is 5.75. The third kappa shape index (κ3) is 3.89. The van der Waals surface area contributed by atoms with E-state index in [0.29, 0.717) is 23.4 Å². The highest BCUT2D eigenvalue weighted by atomic mass is 35.5. The number of amides is 3. The number of phenolic OH excluding ortho intramolecular Hbond substituents is 1. The van der Waals surface area contributed by atoms with Gasteiger partial charge in [0.05, 0.1) is 23.7 Å². The molecule has 2 aromatic rings. The van der Waals surface area contributed by atoms with Crippen molar-refractivity contribution in [3.8, 4) is 11.5 Å². The summed E-state index contributed by atoms with van der Waals surface area (Å²) in [5.41, 5.74) is 2.05. The lowest BCUT2D eigenvalue weighted by Gasteiger charge is -2.29. The van der Waals surface area contributed by atoms with Gasteiger partial charge in [-0.1, -0.05) is 48.0 Å². The summed E-state index contributed by atoms with van der Waals surface area (Å²) < 4.78 is 5.05. The van der Waals surface area contributed by atoms with E-state index in [-0.39, 0.29) is 22.4 Å². The number of hydrogen-bond acceptors (Lipinski definition) is 4. The molecule has 2 aromatic carbocycles. The highest BCUT2D eigenvalue weighted by Crippen LogP contribution is 2.41. The van der Waals surface area contributed by atoms with E-state index in [0.717, 1.165) is 5.56 Å². The molecule has 0 unspecified atom stereocenters. The zero-order chi connectivity index (χ0) is 20.3. The third-order valence-electron chi connectivity index (χ3n) is 4.45. The standard InChI is InChI=1S/C20H20ClN3O4/c1-11-15(19(26)22-10-12-6-4-3-5-7-12)17(24-20(27)23-11)13-8-9-14(28-2)18(25)16(13)21/h3-9,17,25H,10H2,1-2H3,(H,22,26)(H2,23,24,27)/t17-/m0/s1. The van der Waals surface area contributed by atoms with E-state index in [1.54, 1.807) is 13.0 Å². The van der Waals surface area contributed by atoms with Crippen LogP contribution in [0.1, 0.15) is 24.1 Å². The molecule has 3 amide bonds. The molecule has 0 saturated carbocycles. The minimum absolute atomic E-state index is 0.00714. The second-order valence-electron chi connectivity index (χ2n) is 6.26. The van der Waals surface area contributed by atoms with Crippen molar-refractivity contribution in [2.75, 3.05) is 7.11 Å². The van der Waals surface area contributed by atoms with E-state index >= 15 is 0 Å². The Morgan fingerprint density at radius 1 is 1.25 bits per heavy atom. The maximum Gasteiger partial charge on any atom is 0.319 e. The number of urea groups is 1. The van der Waals surface area contributed by atoms with Gasteiger partial charge in [-0.15, -0.1) is 0 Å². The average Bonchev–Trinajstić information content (AvgIpc) is 2.68. The largest absolute Gasteiger partial charge is 0.503 e. The molecule has 4 N–H and O–H groups in total. The summed E-state index contributed by atoms with van der Waals surface area (Å²) in [5, 5.41) is 18.4. The minimum Gasteiger partial charge on any atom is -0.503 e. The number of nitrogens with one attached hydrogen (secondary N) is 3. The Labute approximate surface area is 167 Å². The summed E-state index contributed by atoms with van der Waals surface area (Å²) in [5.74, 6) is -0.411. The number of allylic oxidation sites excluding steroid dienone is 1. The highest BCUT2D eigenvalue weighted by molar-refractivity contribution is 6.33. The van der Waals surface area contributed by atoms with Crippen LogP contribution in [0.15, 0.2) is 53.7 Å². The van der Waals surface area contributed by atoms with Gasteiger partial charge in [-0.3, -0.25) is 4.79 Å². The van der Waals surface area contributed by atoms with Crippen LogP contribution in [0, 0.1) is 0 Å². The van der Waals surface area contributed by atoms with E-state index in [1.807, 2.05) is 30.3 Å². The van der Waals surface area contributed by atoms with Crippen LogP contribution in [0.3, 0.4) is 0 Å². The fraction of sp³-hybridized carbons (Fsp3) is 0.200. The maximum atomic E-state index is 12.9. The lowest BCUT2D eigenvalue weighted by atomic mass is 9.94. The summed E-state index contributed by atoms with van der Waals surface area (Å²) >= 11 is 6.29. The fourth-order valence-electron chi connectivity index (χ4n) is 3.05. The molecule has 8 heteroatoms. The number of ether oxygens (including phenoxy) is 1. The van der Waals surface area contributed by atoms with Crippen LogP contribution in [-0.4, -0.2) is 24.2 Å². The molecule has 0 saturated heterocycles. The Hall–Kier alpha value is -3.19. The monoisotopic (exact) mass is 401 g/mol. The smallest absolute Gasteiger partial charge is 0.319 e. The van der Waals surface area contributed by atoms with E-state index in [1.165, 1.54) is 13.2 Å². The van der Waals surface area contributed by atoms with E-state index in [9.17, 15) is 14.7 Å². The van der Waals surface area contributed by atoms with Gasteiger partial charge in [0.15, 0.2) is 11.5 Å². The van der Waals surface area contributed by atoms with Crippen LogP contribution in [0.25, 0.3) is 0 Å². The topological polar surface area (TPSA) is 99.7 Å². The Bertz CT molecular complexity index is 944. The Morgan fingerprint density at radius 2 is 1.96 bits per heavy atom. The molecule has 1 heterocycles. The number of benzene rings is 2. The van der Waals surface area contributed by atoms with Crippen molar-refractivity contribution in [2.24, 2.45) is 0 Å². The summed E-state index contributed by atoms with van der Waals surface area (Å²) in [4.78, 5) is 24.9. The lowest BCUT2D eigenvalue weighted by Crippen LogP contribution is -2.47. The summed E-state index contributed by atoms with van der Waals surface area (Å²) in [6.45, 7) is 1.97. The van der Waals surface area contributed by atoms with Crippen LogP contribution < -0.4 is 20.7 Å². The van der Waals surface area contributed by atoms with Crippen LogP contribution >= 0.6 is 11.6 Å². The number of halogens is 1. The second-order valence-corrected chi connectivity index (χ2v) is 6.64. The van der Waals surface area contributed by atoms with Crippen LogP contribution in [0.2, 0.25) is 5.02 Å². The van der Waals surface area contributed by atoms with Gasteiger partial charge in [0.2, 0.25) is 0 Å². The molecule has 1 atom stereocenters. The second kappa shape index (κ2) is 8.22. The van der Waals surface area contributed by atoms with Crippen molar-refractivity contribution in [1.82, 2.24) is 16.0 Å². The molecule has 28 heavy (non-hydrogen) atoms. The van der Waals surface area contributed by atoms with E-state index < -0.39 is 12.1 Å². The summed E-state index contributed by atoms with van der Waals surface area (Å²) in [6, 6.07) is 11.3. The quantitative estimate of drug-likeness (QED) is 0.618. The predicted octanol–water partition coefficient (Wildman–Crippen LogP) is 3.00. The molecule has 7 nitrogen and oxygen atoms in total. The SMILES string of the molecule is COc1ccc([C@@H]2NC(=O)NC(C)=C2C(=O)NCc2ccccc2)c(Cl)c1O. The van der Waals surface area contributed by atoms with E-state index in [2.05, 4.69) is 16.0 Å². The van der Waals surface area contributed by atoms with Gasteiger partial charge in [-0.05, 0) is 18.6 Å². The molecule has 0 radical (unpaired) electrons. The first-order valence-corrected chi connectivity index (χ1v) is 8.96. The van der Waals surface area contributed by atoms with Crippen molar-refractivity contribution < 1.29 is 19.4 Å². The van der Waals surface area contributed by atoms with Crippen LogP contribution in [-0.2, 0) is 11.3 Å². The zero-order valence-electron chi connectivity index (χ0n) is 15.4. The number of carbonyl (C=O) groups is 2. The predicted molar refractivity (Wildman–Crippen MR) is 105 cm³/mol. The van der Waals surface area contributed by atoms with Crippen molar-refractivity contribution in [3.05, 3.63) is 69.9 Å². The van der Waals surface area contributed by atoms with Gasteiger partial charge in [0.25, 0.3) is 5.91 Å². The molecule has 0 aliphatic carbocycles. The number of hydrogen-bond donors (Lipinski definition) is 4. The number of rotatable bonds is 5. The molecule has 1 aliphatic rings. The first-order chi connectivity index (χ1) is 13.4. The molecule has 0 spiro atoms. The van der Waals surface area contributed by atoms with E-state index in [4.69, 9.17) is 16.3 Å². The van der Waals surface area contributed by atoms with Crippen molar-refractivity contribution in [1.29, 1.82) is 0 Å². The van der Waals surface area contributed by atoms with Gasteiger partial charge in [-0.25, -0.2) is 4.79 Å². The normalized spacial score (nSPS) is 16.2. The summed E-state index contributed by atoms with van der Waals surface area (Å²) in [6.07, 6.45) is 0. The lowest BCUT2D eigenvalue weighted by molar-refractivity contribution is -0.118. The average molecular weight is 402 g/mol. The molecular weight excluding hydrogens is 382 g/mol. The number of carbonyl (C=O) groups excluding carboxylic acids is 2. The molecule has 146 valence electrons. The minimum atomic E-state index is -0.825. The Balaban J connectivity index is 1.93. The van der Waals surface area contributed by atoms with Crippen molar-refractivity contribution >= 4 is 23.5 Å².